The Bertz CT molecular complexity index is 316. The van der Waals surface area contributed by atoms with Crippen molar-refractivity contribution in [1.82, 2.24) is 4.98 Å². The predicted molar refractivity (Wildman–Crippen MR) is 64.7 cm³/mol. The predicted octanol–water partition coefficient (Wildman–Crippen LogP) is 1.91. The molecule has 2 N–H and O–H groups in total. The highest BCUT2D eigenvalue weighted by Gasteiger charge is 2.06. The summed E-state index contributed by atoms with van der Waals surface area (Å²) in [5.41, 5.74) is 0.912. The minimum Gasteiger partial charge on any atom is -0.481 e. The average molecular weight is 224 g/mol. The molecular formula is C12H20N2O2. The number of anilines is 1. The van der Waals surface area contributed by atoms with Crippen LogP contribution in [0.1, 0.15) is 20.3 Å². The normalized spacial score (nSPS) is 12.6. The summed E-state index contributed by atoms with van der Waals surface area (Å²) in [7, 11) is 1.58. The summed E-state index contributed by atoms with van der Waals surface area (Å²) in [4.78, 5) is 4.01. The summed E-state index contributed by atoms with van der Waals surface area (Å²) >= 11 is 0. The summed E-state index contributed by atoms with van der Waals surface area (Å²) in [6.07, 6.45) is 2.16. The number of aliphatic hydroxyl groups is 1. The lowest BCUT2D eigenvalue weighted by atomic mass is 10.1. The van der Waals surface area contributed by atoms with Crippen LogP contribution in [0, 0.1) is 5.92 Å². The smallest absolute Gasteiger partial charge is 0.214 e. The molecule has 1 unspecified atom stereocenters. The zero-order chi connectivity index (χ0) is 12.0. The Morgan fingerprint density at radius 2 is 2.25 bits per heavy atom. The van der Waals surface area contributed by atoms with Gasteiger partial charge in [0.2, 0.25) is 5.88 Å². The molecule has 16 heavy (non-hydrogen) atoms. The number of nitrogens with one attached hydrogen (secondary N) is 1. The van der Waals surface area contributed by atoms with Gasteiger partial charge in [-0.1, -0.05) is 13.8 Å². The zero-order valence-electron chi connectivity index (χ0n) is 10.1. The third kappa shape index (κ3) is 4.49. The second-order valence-corrected chi connectivity index (χ2v) is 4.25. The van der Waals surface area contributed by atoms with Gasteiger partial charge in [0.05, 0.1) is 13.2 Å². The van der Waals surface area contributed by atoms with Gasteiger partial charge in [0.25, 0.3) is 0 Å². The number of methoxy groups -OCH3 is 1. The van der Waals surface area contributed by atoms with Crippen molar-refractivity contribution >= 4 is 5.69 Å². The Morgan fingerprint density at radius 3 is 2.88 bits per heavy atom. The van der Waals surface area contributed by atoms with E-state index in [1.54, 1.807) is 13.3 Å². The van der Waals surface area contributed by atoms with Gasteiger partial charge in [-0.15, -0.1) is 0 Å². The lowest BCUT2D eigenvalue weighted by Crippen LogP contribution is -2.21. The molecule has 0 radical (unpaired) electrons. The van der Waals surface area contributed by atoms with Gasteiger partial charge >= 0.3 is 0 Å². The van der Waals surface area contributed by atoms with Crippen LogP contribution in [0.4, 0.5) is 5.69 Å². The second kappa shape index (κ2) is 6.33. The number of ether oxygens (including phenoxy) is 1. The van der Waals surface area contributed by atoms with Gasteiger partial charge in [-0.25, -0.2) is 4.98 Å². The van der Waals surface area contributed by atoms with Crippen LogP contribution in [0.3, 0.4) is 0 Å². The van der Waals surface area contributed by atoms with Crippen LogP contribution >= 0.6 is 0 Å². The molecule has 0 saturated heterocycles. The number of aromatic nitrogens is 1. The molecule has 1 aromatic rings. The van der Waals surface area contributed by atoms with Crippen LogP contribution < -0.4 is 10.1 Å². The van der Waals surface area contributed by atoms with Crippen LogP contribution in [0.5, 0.6) is 5.88 Å². The highest BCUT2D eigenvalue weighted by atomic mass is 16.5. The highest BCUT2D eigenvalue weighted by Crippen LogP contribution is 2.14. The number of nitrogens with zero attached hydrogens (tertiary/aromatic N) is 1. The lowest BCUT2D eigenvalue weighted by Gasteiger charge is -2.14. The molecule has 1 aromatic heterocycles. The van der Waals surface area contributed by atoms with Crippen molar-refractivity contribution in [2.45, 2.75) is 26.4 Å². The molecule has 1 atom stereocenters. The fourth-order valence-electron chi connectivity index (χ4n) is 1.49. The van der Waals surface area contributed by atoms with Crippen molar-refractivity contribution in [3.05, 3.63) is 18.3 Å². The van der Waals surface area contributed by atoms with Gasteiger partial charge in [-0.2, -0.15) is 0 Å². The number of hydrogen-bond donors (Lipinski definition) is 2. The first-order valence-electron chi connectivity index (χ1n) is 5.53. The summed E-state index contributed by atoms with van der Waals surface area (Å²) in [6.45, 7) is 4.74. The van der Waals surface area contributed by atoms with Gasteiger partial charge in [-0.05, 0) is 18.4 Å². The molecule has 0 amide bonds. The second-order valence-electron chi connectivity index (χ2n) is 4.25. The molecule has 0 aromatic carbocycles. The summed E-state index contributed by atoms with van der Waals surface area (Å²) < 4.78 is 5.01. The maximum absolute atomic E-state index is 9.70. The molecule has 0 fully saturated rings. The molecular weight excluding hydrogens is 204 g/mol. The minimum atomic E-state index is -0.320. The Hall–Kier alpha value is -1.29. The van der Waals surface area contributed by atoms with Crippen LogP contribution in [-0.2, 0) is 0 Å². The van der Waals surface area contributed by atoms with Crippen LogP contribution in [0.15, 0.2) is 18.3 Å². The number of pyridine rings is 1. The van der Waals surface area contributed by atoms with E-state index in [-0.39, 0.29) is 6.10 Å². The van der Waals surface area contributed by atoms with Crippen molar-refractivity contribution in [1.29, 1.82) is 0 Å². The van der Waals surface area contributed by atoms with E-state index in [1.807, 2.05) is 12.1 Å². The maximum Gasteiger partial charge on any atom is 0.214 e. The van der Waals surface area contributed by atoms with Gasteiger partial charge in [0.1, 0.15) is 0 Å². The first-order valence-corrected chi connectivity index (χ1v) is 5.53. The lowest BCUT2D eigenvalue weighted by molar-refractivity contribution is 0.161. The summed E-state index contributed by atoms with van der Waals surface area (Å²) in [5, 5.41) is 12.9. The molecule has 0 saturated carbocycles. The molecule has 90 valence electrons. The SMILES string of the molecule is COc1cc(NCC(O)CC(C)C)ccn1. The third-order valence-corrected chi connectivity index (χ3v) is 2.23. The molecule has 0 aliphatic carbocycles. The topological polar surface area (TPSA) is 54.4 Å². The Kier molecular flexibility index (Phi) is 5.05. The van der Waals surface area contributed by atoms with Crippen molar-refractivity contribution in [3.8, 4) is 5.88 Å². The van der Waals surface area contributed by atoms with E-state index in [1.165, 1.54) is 0 Å². The molecule has 0 spiro atoms. The van der Waals surface area contributed by atoms with Gasteiger partial charge in [0, 0.05) is 24.5 Å². The zero-order valence-corrected chi connectivity index (χ0v) is 10.1. The third-order valence-electron chi connectivity index (χ3n) is 2.23. The van der Waals surface area contributed by atoms with Gasteiger partial charge < -0.3 is 15.2 Å². The molecule has 0 aliphatic heterocycles. The summed E-state index contributed by atoms with van der Waals surface area (Å²) in [6, 6.07) is 3.66. The fraction of sp³-hybridized carbons (Fsp3) is 0.583. The highest BCUT2D eigenvalue weighted by molar-refractivity contribution is 5.44. The largest absolute Gasteiger partial charge is 0.481 e. The van der Waals surface area contributed by atoms with Crippen molar-refractivity contribution in [3.63, 3.8) is 0 Å². The van der Waals surface area contributed by atoms with Crippen LogP contribution in [-0.4, -0.2) is 29.8 Å². The average Bonchev–Trinajstić information content (AvgIpc) is 2.26. The molecule has 4 nitrogen and oxygen atoms in total. The van der Waals surface area contributed by atoms with E-state index in [0.29, 0.717) is 18.3 Å². The van der Waals surface area contributed by atoms with E-state index in [4.69, 9.17) is 4.74 Å². The fourth-order valence-corrected chi connectivity index (χ4v) is 1.49. The van der Waals surface area contributed by atoms with Crippen LogP contribution in [0.25, 0.3) is 0 Å². The molecule has 0 bridgehead atoms. The van der Waals surface area contributed by atoms with Crippen molar-refractivity contribution in [2.24, 2.45) is 5.92 Å². The number of rotatable bonds is 6. The molecule has 0 aliphatic rings. The van der Waals surface area contributed by atoms with E-state index in [9.17, 15) is 5.11 Å². The van der Waals surface area contributed by atoms with Gasteiger partial charge in [0.15, 0.2) is 0 Å². The Balaban J connectivity index is 2.41. The molecule has 1 heterocycles. The van der Waals surface area contributed by atoms with E-state index in [2.05, 4.69) is 24.1 Å². The monoisotopic (exact) mass is 224 g/mol. The summed E-state index contributed by atoms with van der Waals surface area (Å²) in [5.74, 6) is 1.08. The van der Waals surface area contributed by atoms with Crippen molar-refractivity contribution in [2.75, 3.05) is 19.0 Å². The molecule has 4 heteroatoms. The number of hydrogen-bond acceptors (Lipinski definition) is 4. The van der Waals surface area contributed by atoms with E-state index < -0.39 is 0 Å². The Labute approximate surface area is 96.7 Å². The maximum atomic E-state index is 9.70. The minimum absolute atomic E-state index is 0.320. The van der Waals surface area contributed by atoms with E-state index >= 15 is 0 Å². The first-order chi connectivity index (χ1) is 7.61. The molecule has 1 rings (SSSR count). The van der Waals surface area contributed by atoms with Crippen molar-refractivity contribution < 1.29 is 9.84 Å². The first kappa shape index (κ1) is 12.8. The Morgan fingerprint density at radius 1 is 1.50 bits per heavy atom. The van der Waals surface area contributed by atoms with Gasteiger partial charge in [-0.3, -0.25) is 0 Å². The van der Waals surface area contributed by atoms with E-state index in [0.717, 1.165) is 12.1 Å². The standard InChI is InChI=1S/C12H20N2O2/c1-9(2)6-11(15)8-14-10-4-5-13-12(7-10)16-3/h4-5,7,9,11,15H,6,8H2,1-3H3,(H,13,14). The number of aliphatic hydroxyl groups excluding tert-OH is 1. The van der Waals surface area contributed by atoms with Crippen LogP contribution in [0.2, 0.25) is 0 Å². The quantitative estimate of drug-likeness (QED) is 0.775.